The van der Waals surface area contributed by atoms with E-state index in [9.17, 15) is 32.3 Å². The summed E-state index contributed by atoms with van der Waals surface area (Å²) in [5.41, 5.74) is -0.702. The van der Waals surface area contributed by atoms with Gasteiger partial charge in [-0.3, -0.25) is 24.1 Å². The maximum Gasteiger partial charge on any atom is 0.389 e. The number of ketones is 3. The van der Waals surface area contributed by atoms with E-state index < -0.39 is 60.0 Å². The van der Waals surface area contributed by atoms with Crippen LogP contribution in [0.2, 0.25) is 0 Å². The second-order valence-electron chi connectivity index (χ2n) is 10.7. The van der Waals surface area contributed by atoms with Crippen LogP contribution in [0, 0.1) is 11.8 Å². The van der Waals surface area contributed by atoms with Gasteiger partial charge in [0.05, 0.1) is 45.9 Å². The van der Waals surface area contributed by atoms with Crippen molar-refractivity contribution >= 4 is 23.3 Å². The van der Waals surface area contributed by atoms with E-state index in [0.29, 0.717) is 37.6 Å². The summed E-state index contributed by atoms with van der Waals surface area (Å²) >= 11 is 0. The molecule has 3 rings (SSSR count). The van der Waals surface area contributed by atoms with E-state index in [4.69, 9.17) is 14.2 Å². The van der Waals surface area contributed by atoms with E-state index in [-0.39, 0.29) is 31.8 Å². The van der Waals surface area contributed by atoms with E-state index in [1.165, 1.54) is 14.0 Å². The summed E-state index contributed by atoms with van der Waals surface area (Å²) < 4.78 is 55.4. The van der Waals surface area contributed by atoms with Gasteiger partial charge in [-0.1, -0.05) is 19.1 Å². The molecule has 2 aliphatic rings. The molecule has 40 heavy (non-hydrogen) atoms. The minimum absolute atomic E-state index is 0.00358. The lowest BCUT2D eigenvalue weighted by Crippen LogP contribution is -2.47. The summed E-state index contributed by atoms with van der Waals surface area (Å²) in [6, 6.07) is 5.48. The normalized spacial score (nSPS) is 21.6. The topological polar surface area (TPSA) is 115 Å². The Morgan fingerprint density at radius 2 is 1.73 bits per heavy atom. The van der Waals surface area contributed by atoms with Gasteiger partial charge in [-0.05, 0) is 31.0 Å². The zero-order valence-electron chi connectivity index (χ0n) is 23.1. The van der Waals surface area contributed by atoms with Crippen LogP contribution in [0.3, 0.4) is 0 Å². The van der Waals surface area contributed by atoms with Crippen molar-refractivity contribution in [2.75, 3.05) is 46.6 Å². The molecule has 9 nitrogen and oxygen atoms in total. The number of morpholine rings is 1. The molecule has 1 amide bonds. The van der Waals surface area contributed by atoms with Crippen molar-refractivity contribution in [3.8, 4) is 5.75 Å². The summed E-state index contributed by atoms with van der Waals surface area (Å²) in [5, 5.41) is 2.63. The number of carbonyl (C=O) groups excluding carboxylic acids is 4. The first-order chi connectivity index (χ1) is 18.8. The summed E-state index contributed by atoms with van der Waals surface area (Å²) in [4.78, 5) is 53.7. The van der Waals surface area contributed by atoms with Gasteiger partial charge in [-0.2, -0.15) is 13.2 Å². The van der Waals surface area contributed by atoms with Gasteiger partial charge in [0.2, 0.25) is 5.91 Å². The van der Waals surface area contributed by atoms with Gasteiger partial charge >= 0.3 is 6.18 Å². The van der Waals surface area contributed by atoms with Crippen LogP contribution in [-0.4, -0.2) is 92.5 Å². The first-order valence-electron chi connectivity index (χ1n) is 13.3. The quantitative estimate of drug-likeness (QED) is 0.320. The number of carbonyl (C=O) groups is 4. The molecule has 0 radical (unpaired) electrons. The fraction of sp³-hybridized carbons (Fsp3) is 0.643. The molecule has 12 heteroatoms. The number of nitrogens with zero attached hydrogens (tertiary/aromatic N) is 1. The van der Waals surface area contributed by atoms with Crippen molar-refractivity contribution in [1.29, 1.82) is 0 Å². The van der Waals surface area contributed by atoms with Crippen LogP contribution in [-0.2, 0) is 35.1 Å². The first kappa shape index (κ1) is 31.7. The number of alkyl halides is 3. The van der Waals surface area contributed by atoms with E-state index in [1.54, 1.807) is 31.2 Å². The van der Waals surface area contributed by atoms with E-state index >= 15 is 0 Å². The highest BCUT2D eigenvalue weighted by Crippen LogP contribution is 2.36. The third-order valence-corrected chi connectivity index (χ3v) is 7.18. The standard InChI is InChI=1S/C28H37F3N2O7/c1-18(12-21(34)16-33-8-10-39-11-9-33)26(37)32-23(13-19-4-6-22(38-3)7-5-19)24(35)14-20(15-28(29,30)31)25(36)27(2)17-40-27/h4-7,18,20,23H,8-17H2,1-3H3,(H,32,37). The Hall–Kier alpha value is -2.83. The van der Waals surface area contributed by atoms with Crippen LogP contribution in [0.15, 0.2) is 24.3 Å². The number of halogens is 3. The van der Waals surface area contributed by atoms with Gasteiger partial charge in [0, 0.05) is 37.8 Å². The molecule has 0 bridgehead atoms. The van der Waals surface area contributed by atoms with Gasteiger partial charge in [0.25, 0.3) is 0 Å². The average molecular weight is 571 g/mol. The zero-order valence-corrected chi connectivity index (χ0v) is 23.1. The highest BCUT2D eigenvalue weighted by atomic mass is 19.4. The SMILES string of the molecule is COc1ccc(CC(NC(=O)C(C)CC(=O)CN2CCOCC2)C(=O)CC(CC(F)(F)F)C(=O)C2(C)CO2)cc1. The zero-order chi connectivity index (χ0) is 29.5. The lowest BCUT2D eigenvalue weighted by Gasteiger charge is -2.26. The van der Waals surface area contributed by atoms with Gasteiger partial charge in [-0.25, -0.2) is 0 Å². The van der Waals surface area contributed by atoms with Gasteiger partial charge in [-0.15, -0.1) is 0 Å². The molecule has 0 spiro atoms. The number of hydrogen-bond acceptors (Lipinski definition) is 8. The highest BCUT2D eigenvalue weighted by molar-refractivity contribution is 5.97. The molecular formula is C28H37F3N2O7. The fourth-order valence-electron chi connectivity index (χ4n) is 4.67. The van der Waals surface area contributed by atoms with Crippen molar-refractivity contribution in [2.45, 2.75) is 57.3 Å². The molecule has 1 N–H and O–H groups in total. The second kappa shape index (κ2) is 13.7. The average Bonchev–Trinajstić information content (AvgIpc) is 3.65. The minimum Gasteiger partial charge on any atom is -0.497 e. The molecule has 0 saturated carbocycles. The Bertz CT molecular complexity index is 1050. The number of amides is 1. The monoisotopic (exact) mass is 570 g/mol. The molecule has 0 aliphatic carbocycles. The number of ether oxygens (including phenoxy) is 3. The molecule has 2 fully saturated rings. The molecule has 2 aliphatic heterocycles. The smallest absolute Gasteiger partial charge is 0.389 e. The predicted molar refractivity (Wildman–Crippen MR) is 138 cm³/mol. The number of epoxide rings is 1. The molecular weight excluding hydrogens is 533 g/mol. The molecule has 1 aromatic rings. The summed E-state index contributed by atoms with van der Waals surface area (Å²) in [7, 11) is 1.49. The summed E-state index contributed by atoms with van der Waals surface area (Å²) in [6.45, 7) is 5.42. The van der Waals surface area contributed by atoms with E-state index in [2.05, 4.69) is 5.32 Å². The maximum atomic E-state index is 13.4. The van der Waals surface area contributed by atoms with E-state index in [0.717, 1.165) is 0 Å². The van der Waals surface area contributed by atoms with E-state index in [1.807, 2.05) is 4.90 Å². The Labute approximate surface area is 231 Å². The molecule has 0 aromatic heterocycles. The number of nitrogens with one attached hydrogen (secondary N) is 1. The third kappa shape index (κ3) is 9.67. The Morgan fingerprint density at radius 3 is 2.27 bits per heavy atom. The number of rotatable bonds is 15. The predicted octanol–water partition coefficient (Wildman–Crippen LogP) is 2.54. The third-order valence-electron chi connectivity index (χ3n) is 7.18. The molecule has 222 valence electrons. The van der Waals surface area contributed by atoms with Crippen LogP contribution in [0.4, 0.5) is 13.2 Å². The Morgan fingerprint density at radius 1 is 1.10 bits per heavy atom. The first-order valence-corrected chi connectivity index (χ1v) is 13.3. The molecule has 1 aromatic carbocycles. The summed E-state index contributed by atoms with van der Waals surface area (Å²) in [5.74, 6) is -4.04. The minimum atomic E-state index is -4.67. The lowest BCUT2D eigenvalue weighted by atomic mass is 9.85. The molecule has 4 unspecified atom stereocenters. The van der Waals surface area contributed by atoms with Crippen LogP contribution in [0.1, 0.15) is 38.7 Å². The molecule has 4 atom stereocenters. The van der Waals surface area contributed by atoms with Crippen LogP contribution >= 0.6 is 0 Å². The maximum absolute atomic E-state index is 13.4. The second-order valence-corrected chi connectivity index (χ2v) is 10.7. The number of Topliss-reactive ketones (excluding diaryl/α,β-unsaturated/α-hetero) is 3. The van der Waals surface area contributed by atoms with Gasteiger partial charge < -0.3 is 19.5 Å². The molecule has 2 heterocycles. The van der Waals surface area contributed by atoms with Crippen molar-refractivity contribution in [2.24, 2.45) is 11.8 Å². The Kier molecular flexibility index (Phi) is 10.8. The lowest BCUT2D eigenvalue weighted by molar-refractivity contribution is -0.157. The number of benzene rings is 1. The van der Waals surface area contributed by atoms with Crippen LogP contribution < -0.4 is 10.1 Å². The van der Waals surface area contributed by atoms with Gasteiger partial charge in [0.15, 0.2) is 11.6 Å². The number of methoxy groups -OCH3 is 1. The largest absolute Gasteiger partial charge is 0.497 e. The van der Waals surface area contributed by atoms with Crippen molar-refractivity contribution in [3.05, 3.63) is 29.8 Å². The van der Waals surface area contributed by atoms with Gasteiger partial charge in [0.1, 0.15) is 17.1 Å². The van der Waals surface area contributed by atoms with Crippen molar-refractivity contribution < 1.29 is 46.6 Å². The fourth-order valence-corrected chi connectivity index (χ4v) is 4.67. The van der Waals surface area contributed by atoms with Crippen LogP contribution in [0.5, 0.6) is 5.75 Å². The summed E-state index contributed by atoms with van der Waals surface area (Å²) in [6.07, 6.45) is -6.91. The Balaban J connectivity index is 1.71. The number of hydrogen-bond donors (Lipinski definition) is 1. The highest BCUT2D eigenvalue weighted by Gasteiger charge is 2.52. The molecule has 2 saturated heterocycles. The van der Waals surface area contributed by atoms with Crippen molar-refractivity contribution in [3.63, 3.8) is 0 Å². The van der Waals surface area contributed by atoms with Crippen LogP contribution in [0.25, 0.3) is 0 Å². The van der Waals surface area contributed by atoms with Crippen molar-refractivity contribution in [1.82, 2.24) is 10.2 Å².